The first kappa shape index (κ1) is 32.6. The van der Waals surface area contributed by atoms with E-state index in [0.717, 1.165) is 24.3 Å². The molecule has 1 fully saturated rings. The summed E-state index contributed by atoms with van der Waals surface area (Å²) in [5, 5.41) is 15.4. The molecule has 4 rings (SSSR count). The number of carbonyl (C=O) groups is 1. The van der Waals surface area contributed by atoms with Gasteiger partial charge in [0.25, 0.3) is 0 Å². The van der Waals surface area contributed by atoms with Crippen molar-refractivity contribution < 1.29 is 39.5 Å². The van der Waals surface area contributed by atoms with Crippen LogP contribution in [0.3, 0.4) is 0 Å². The second-order valence-electron chi connectivity index (χ2n) is 10.4. The fourth-order valence-corrected chi connectivity index (χ4v) is 6.47. The van der Waals surface area contributed by atoms with E-state index in [-0.39, 0.29) is 43.2 Å². The molecule has 1 aliphatic heterocycles. The molecule has 3 aromatic rings. The van der Waals surface area contributed by atoms with Gasteiger partial charge < -0.3 is 9.45 Å². The second kappa shape index (κ2) is 13.2. The van der Waals surface area contributed by atoms with E-state index in [9.17, 15) is 39.5 Å². The van der Waals surface area contributed by atoms with Gasteiger partial charge in [-0.05, 0) is 90.2 Å². The van der Waals surface area contributed by atoms with Crippen LogP contribution >= 0.6 is 0 Å². The molecule has 11 nitrogen and oxygen atoms in total. The minimum absolute atomic E-state index is 0.0433. The van der Waals surface area contributed by atoms with Crippen molar-refractivity contribution in [3.8, 4) is 0 Å². The number of alkyl halides is 3. The first-order valence-corrected chi connectivity index (χ1v) is 15.9. The van der Waals surface area contributed by atoms with E-state index >= 15 is 0 Å². The third-order valence-corrected chi connectivity index (χ3v) is 9.22. The number of likely N-dealkylation sites (tertiary alicyclic amines) is 1. The molecular weight excluding hydrogens is 616 g/mol. The number of piperidine rings is 1. The van der Waals surface area contributed by atoms with Gasteiger partial charge >= 0.3 is 6.18 Å². The van der Waals surface area contributed by atoms with Crippen LogP contribution in [0.5, 0.6) is 0 Å². The molecule has 1 amide bonds. The number of hydrogen-bond acceptors (Lipinski definition) is 8. The molecule has 1 saturated heterocycles. The van der Waals surface area contributed by atoms with Crippen LogP contribution in [0.1, 0.15) is 59.0 Å². The summed E-state index contributed by atoms with van der Waals surface area (Å²) >= 11 is -2.70. The second-order valence-corrected chi connectivity index (χ2v) is 13.0. The van der Waals surface area contributed by atoms with Crippen molar-refractivity contribution >= 4 is 27.0 Å². The predicted octanol–water partition coefficient (Wildman–Crippen LogP) is 3.02. The van der Waals surface area contributed by atoms with E-state index < -0.39 is 48.8 Å². The van der Waals surface area contributed by atoms with Crippen molar-refractivity contribution in [3.05, 3.63) is 70.3 Å². The van der Waals surface area contributed by atoms with Crippen LogP contribution in [0.15, 0.2) is 41.3 Å². The molecule has 234 valence electrons. The average molecular weight is 646 g/mol. The molecule has 2 heterocycles. The maximum Gasteiger partial charge on any atom is 0.416 e. The number of nitrogens with zero attached hydrogens (tertiary/aromatic N) is 5. The molecule has 0 saturated carbocycles. The Labute approximate surface area is 247 Å². The van der Waals surface area contributed by atoms with E-state index in [4.69, 9.17) is 5.14 Å². The highest BCUT2D eigenvalue weighted by molar-refractivity contribution is 7.89. The number of amides is 1. The summed E-state index contributed by atoms with van der Waals surface area (Å²) in [5.74, 6) is -0.979. The third-order valence-electron chi connectivity index (χ3n) is 7.40. The highest BCUT2D eigenvalue weighted by atomic mass is 32.2. The Hall–Kier alpha value is -3.28. The van der Waals surface area contributed by atoms with Crippen LogP contribution in [0.2, 0.25) is 0 Å². The zero-order valence-electron chi connectivity index (χ0n) is 23.0. The van der Waals surface area contributed by atoms with Crippen molar-refractivity contribution in [2.75, 3.05) is 13.1 Å². The molecule has 2 N–H and O–H groups in total. The number of sulfonamides is 1. The van der Waals surface area contributed by atoms with Crippen LogP contribution in [0, 0.1) is 18.7 Å². The van der Waals surface area contributed by atoms with Gasteiger partial charge in [-0.1, -0.05) is 12.1 Å². The molecule has 2 atom stereocenters. The Kier molecular flexibility index (Phi) is 9.98. The Balaban J connectivity index is 1.37. The number of primary sulfonamides is 1. The minimum Gasteiger partial charge on any atom is -0.772 e. The monoisotopic (exact) mass is 645 g/mol. The van der Waals surface area contributed by atoms with Crippen LogP contribution in [0.25, 0.3) is 0 Å². The van der Waals surface area contributed by atoms with Crippen LogP contribution < -0.4 is 5.14 Å². The maximum absolute atomic E-state index is 14.7. The molecule has 2 unspecified atom stereocenters. The minimum atomic E-state index is -4.54. The summed E-state index contributed by atoms with van der Waals surface area (Å²) in [5.41, 5.74) is -0.126. The third kappa shape index (κ3) is 8.43. The number of aryl methyl sites for hydroxylation is 2. The average Bonchev–Trinajstić information content (AvgIpc) is 3.34. The predicted molar refractivity (Wildman–Crippen MR) is 145 cm³/mol. The van der Waals surface area contributed by atoms with E-state index in [1.54, 1.807) is 11.8 Å². The topological polar surface area (TPSA) is 164 Å². The number of tetrazole rings is 1. The molecule has 43 heavy (non-hydrogen) atoms. The van der Waals surface area contributed by atoms with Gasteiger partial charge in [-0.25, -0.2) is 17.9 Å². The fraction of sp³-hybridized carbons (Fsp3) is 0.462. The molecule has 0 bridgehead atoms. The Morgan fingerprint density at radius 2 is 1.86 bits per heavy atom. The summed E-state index contributed by atoms with van der Waals surface area (Å²) < 4.78 is 102. The number of aromatic nitrogens is 4. The smallest absolute Gasteiger partial charge is 0.416 e. The fourth-order valence-electron chi connectivity index (χ4n) is 5.11. The molecule has 0 spiro atoms. The SMILES string of the molecule is Cc1nnn(Cc2cc(C(F)(F)F)ccc2CCC(=O)N2CCC(CC(c3ccc(S(N)(=O)=O)cc3F)S(=O)[O-])CC2)n1. The number of carbonyl (C=O) groups excluding carboxylic acids is 1. The molecule has 2 aromatic carbocycles. The Morgan fingerprint density at radius 1 is 1.16 bits per heavy atom. The highest BCUT2D eigenvalue weighted by Crippen LogP contribution is 2.34. The van der Waals surface area contributed by atoms with Gasteiger partial charge in [-0.3, -0.25) is 9.00 Å². The normalized spacial score (nSPS) is 16.3. The number of nitrogens with two attached hydrogens (primary N) is 1. The Morgan fingerprint density at radius 3 is 2.42 bits per heavy atom. The lowest BCUT2D eigenvalue weighted by molar-refractivity contribution is -0.137. The van der Waals surface area contributed by atoms with Crippen molar-refractivity contribution in [1.82, 2.24) is 25.1 Å². The van der Waals surface area contributed by atoms with Gasteiger partial charge in [0, 0.05) is 30.3 Å². The van der Waals surface area contributed by atoms with Gasteiger partial charge in [0.05, 0.1) is 17.0 Å². The highest BCUT2D eigenvalue weighted by Gasteiger charge is 2.32. The molecule has 1 aliphatic rings. The van der Waals surface area contributed by atoms with Crippen molar-refractivity contribution in [1.29, 1.82) is 0 Å². The van der Waals surface area contributed by atoms with Gasteiger partial charge in [0.2, 0.25) is 15.9 Å². The Bertz CT molecular complexity index is 1610. The first-order chi connectivity index (χ1) is 20.1. The maximum atomic E-state index is 14.7. The van der Waals surface area contributed by atoms with Crippen molar-refractivity contribution in [2.45, 2.75) is 61.9 Å². The number of rotatable bonds is 10. The number of hydrogen-bond donors (Lipinski definition) is 1. The van der Waals surface area contributed by atoms with Crippen LogP contribution in [-0.2, 0) is 45.0 Å². The van der Waals surface area contributed by atoms with E-state index in [2.05, 4.69) is 15.4 Å². The zero-order chi connectivity index (χ0) is 31.5. The van der Waals surface area contributed by atoms with E-state index in [1.165, 1.54) is 10.9 Å². The quantitative estimate of drug-likeness (QED) is 0.260. The van der Waals surface area contributed by atoms with Crippen LogP contribution in [0.4, 0.5) is 17.6 Å². The summed E-state index contributed by atoms with van der Waals surface area (Å²) in [6.45, 7) is 2.21. The zero-order valence-corrected chi connectivity index (χ0v) is 24.6. The standard InChI is InChI=1S/C26H30F4N6O5S2/c1-16-32-34-36(33-16)15-19-13-20(26(28,29)30)4-2-18(19)3-7-25(37)35-10-8-17(9-11-35)12-24(42(38)39)22-6-5-21(14-23(22)27)43(31,40)41/h2,4-6,13-14,17,24H,3,7-12,15H2,1H3,(H,38,39)(H2,31,40,41)/p-1. The summed E-state index contributed by atoms with van der Waals surface area (Å²) in [6, 6.07) is 6.18. The molecular formula is C26H29F4N6O5S2-. The van der Waals surface area contributed by atoms with Crippen molar-refractivity contribution in [3.63, 3.8) is 0 Å². The lowest BCUT2D eigenvalue weighted by Gasteiger charge is -2.34. The summed E-state index contributed by atoms with van der Waals surface area (Å²) in [7, 11) is -4.16. The molecule has 0 radical (unpaired) electrons. The van der Waals surface area contributed by atoms with Crippen LogP contribution in [-0.4, -0.2) is 61.3 Å². The first-order valence-electron chi connectivity index (χ1n) is 13.2. The largest absolute Gasteiger partial charge is 0.772 e. The number of benzene rings is 2. The lowest BCUT2D eigenvalue weighted by Crippen LogP contribution is -2.39. The van der Waals surface area contributed by atoms with Gasteiger partial charge in [-0.15, -0.1) is 10.2 Å². The number of halogens is 4. The summed E-state index contributed by atoms with van der Waals surface area (Å²) in [6.07, 6.45) is -3.32. The van der Waals surface area contributed by atoms with E-state index in [1.807, 2.05) is 0 Å². The summed E-state index contributed by atoms with van der Waals surface area (Å²) in [4.78, 5) is 15.3. The van der Waals surface area contributed by atoms with E-state index in [0.29, 0.717) is 48.9 Å². The van der Waals surface area contributed by atoms with Crippen molar-refractivity contribution in [2.24, 2.45) is 11.1 Å². The molecule has 17 heteroatoms. The lowest BCUT2D eigenvalue weighted by atomic mass is 9.90. The van der Waals surface area contributed by atoms with Gasteiger partial charge in [-0.2, -0.15) is 18.0 Å². The van der Waals surface area contributed by atoms with Gasteiger partial charge in [0.15, 0.2) is 5.82 Å². The van der Waals surface area contributed by atoms with Gasteiger partial charge in [0.1, 0.15) is 5.82 Å². The molecule has 1 aromatic heterocycles. The molecule has 0 aliphatic carbocycles.